The van der Waals surface area contributed by atoms with Crippen molar-refractivity contribution in [3.8, 4) is 0 Å². The molecule has 1 aromatic carbocycles. The SMILES string of the molecule is Cc1[nH]nc2ncnc(N3CCCC(NCc4ccccc4)C3)c12. The number of H-pyrrole nitrogens is 1. The minimum Gasteiger partial charge on any atom is -0.354 e. The van der Waals surface area contributed by atoms with Gasteiger partial charge in [-0.15, -0.1) is 0 Å². The van der Waals surface area contributed by atoms with E-state index in [2.05, 4.69) is 60.7 Å². The summed E-state index contributed by atoms with van der Waals surface area (Å²) in [5.74, 6) is 0.998. The van der Waals surface area contributed by atoms with Gasteiger partial charge in [-0.2, -0.15) is 5.10 Å². The Balaban J connectivity index is 1.49. The number of nitrogens with one attached hydrogen (secondary N) is 2. The number of rotatable bonds is 4. The first kappa shape index (κ1) is 15.1. The van der Waals surface area contributed by atoms with Gasteiger partial charge >= 0.3 is 0 Å². The van der Waals surface area contributed by atoms with Crippen LogP contribution in [0.25, 0.3) is 11.0 Å². The molecule has 2 N–H and O–H groups in total. The van der Waals surface area contributed by atoms with Gasteiger partial charge in [-0.3, -0.25) is 5.10 Å². The number of hydrogen-bond donors (Lipinski definition) is 2. The Kier molecular flexibility index (Phi) is 4.13. The van der Waals surface area contributed by atoms with Gasteiger partial charge in [0.15, 0.2) is 5.65 Å². The number of nitrogens with zero attached hydrogens (tertiary/aromatic N) is 4. The van der Waals surface area contributed by atoms with Crippen LogP contribution in [0.1, 0.15) is 24.1 Å². The maximum absolute atomic E-state index is 4.54. The molecule has 1 saturated heterocycles. The molecule has 6 heteroatoms. The normalized spacial score (nSPS) is 18.2. The van der Waals surface area contributed by atoms with E-state index in [9.17, 15) is 0 Å². The lowest BCUT2D eigenvalue weighted by Gasteiger charge is -2.34. The molecule has 0 aliphatic carbocycles. The summed E-state index contributed by atoms with van der Waals surface area (Å²) in [5, 5.41) is 12.0. The number of aromatic nitrogens is 4. The van der Waals surface area contributed by atoms with Gasteiger partial charge in [-0.05, 0) is 25.3 Å². The van der Waals surface area contributed by atoms with E-state index in [1.807, 2.05) is 6.92 Å². The van der Waals surface area contributed by atoms with Gasteiger partial charge in [0.05, 0.1) is 5.39 Å². The molecule has 2 aromatic heterocycles. The zero-order chi connectivity index (χ0) is 16.4. The van der Waals surface area contributed by atoms with E-state index in [0.717, 1.165) is 48.6 Å². The van der Waals surface area contributed by atoms with Gasteiger partial charge < -0.3 is 10.2 Å². The van der Waals surface area contributed by atoms with Crippen LogP contribution in [0.15, 0.2) is 36.7 Å². The van der Waals surface area contributed by atoms with E-state index in [1.54, 1.807) is 6.33 Å². The molecule has 3 heterocycles. The summed E-state index contributed by atoms with van der Waals surface area (Å²) in [6.45, 7) is 4.92. The third-order valence-corrected chi connectivity index (χ3v) is 4.67. The lowest BCUT2D eigenvalue weighted by Crippen LogP contribution is -2.45. The van der Waals surface area contributed by atoms with E-state index in [1.165, 1.54) is 12.0 Å². The molecule has 1 unspecified atom stereocenters. The number of anilines is 1. The van der Waals surface area contributed by atoms with Gasteiger partial charge in [0.2, 0.25) is 0 Å². The summed E-state index contributed by atoms with van der Waals surface area (Å²) >= 11 is 0. The predicted octanol–water partition coefficient (Wildman–Crippen LogP) is 2.42. The smallest absolute Gasteiger partial charge is 0.186 e. The van der Waals surface area contributed by atoms with Crippen molar-refractivity contribution < 1.29 is 0 Å². The molecule has 0 saturated carbocycles. The predicted molar refractivity (Wildman–Crippen MR) is 94.9 cm³/mol. The number of piperidine rings is 1. The molecule has 24 heavy (non-hydrogen) atoms. The minimum absolute atomic E-state index is 0.469. The Bertz CT molecular complexity index is 813. The van der Waals surface area contributed by atoms with Crippen LogP contribution in [0.3, 0.4) is 0 Å². The van der Waals surface area contributed by atoms with Crippen molar-refractivity contribution in [2.45, 2.75) is 32.4 Å². The van der Waals surface area contributed by atoms with E-state index >= 15 is 0 Å². The highest BCUT2D eigenvalue weighted by molar-refractivity contribution is 5.89. The quantitative estimate of drug-likeness (QED) is 0.772. The van der Waals surface area contributed by atoms with Crippen molar-refractivity contribution >= 4 is 16.9 Å². The number of hydrogen-bond acceptors (Lipinski definition) is 5. The van der Waals surface area contributed by atoms with Crippen LogP contribution in [0.2, 0.25) is 0 Å². The topological polar surface area (TPSA) is 69.7 Å². The second-order valence-corrected chi connectivity index (χ2v) is 6.40. The van der Waals surface area contributed by atoms with Crippen LogP contribution < -0.4 is 10.2 Å². The minimum atomic E-state index is 0.469. The third kappa shape index (κ3) is 2.97. The Labute approximate surface area is 141 Å². The van der Waals surface area contributed by atoms with Gasteiger partial charge in [0, 0.05) is 31.4 Å². The van der Waals surface area contributed by atoms with Crippen LogP contribution >= 0.6 is 0 Å². The van der Waals surface area contributed by atoms with Crippen LogP contribution in [0, 0.1) is 6.92 Å². The monoisotopic (exact) mass is 322 g/mol. The zero-order valence-corrected chi connectivity index (χ0v) is 13.9. The molecular formula is C18H22N6. The number of aromatic amines is 1. The van der Waals surface area contributed by atoms with E-state index in [-0.39, 0.29) is 0 Å². The van der Waals surface area contributed by atoms with Crippen molar-refractivity contribution in [1.29, 1.82) is 0 Å². The average molecular weight is 322 g/mol. The maximum Gasteiger partial charge on any atom is 0.186 e. The zero-order valence-electron chi connectivity index (χ0n) is 13.9. The molecule has 1 fully saturated rings. The van der Waals surface area contributed by atoms with Crippen LogP contribution in [0.5, 0.6) is 0 Å². The number of benzene rings is 1. The molecule has 0 bridgehead atoms. The largest absolute Gasteiger partial charge is 0.354 e. The molecule has 0 amide bonds. The standard InChI is InChI=1S/C18H22N6/c1-13-16-17(23-22-13)20-12-21-18(16)24-9-5-8-15(11-24)19-10-14-6-3-2-4-7-14/h2-4,6-7,12,15,19H,5,8-11H2,1H3,(H,20,21,22,23). The highest BCUT2D eigenvalue weighted by Gasteiger charge is 2.23. The van der Waals surface area contributed by atoms with E-state index in [0.29, 0.717) is 6.04 Å². The first-order valence-corrected chi connectivity index (χ1v) is 8.49. The molecule has 0 radical (unpaired) electrons. The van der Waals surface area contributed by atoms with Crippen LogP contribution in [0.4, 0.5) is 5.82 Å². The number of fused-ring (bicyclic) bond motifs is 1. The molecule has 124 valence electrons. The molecule has 4 rings (SSSR count). The summed E-state index contributed by atoms with van der Waals surface area (Å²) in [6, 6.07) is 11.0. The van der Waals surface area contributed by atoms with Crippen molar-refractivity contribution in [1.82, 2.24) is 25.5 Å². The van der Waals surface area contributed by atoms with Crippen molar-refractivity contribution in [3.05, 3.63) is 47.9 Å². The van der Waals surface area contributed by atoms with E-state index in [4.69, 9.17) is 0 Å². The second-order valence-electron chi connectivity index (χ2n) is 6.40. The summed E-state index contributed by atoms with van der Waals surface area (Å²) in [4.78, 5) is 11.2. The third-order valence-electron chi connectivity index (χ3n) is 4.67. The molecular weight excluding hydrogens is 300 g/mol. The summed E-state index contributed by atoms with van der Waals surface area (Å²) < 4.78 is 0. The molecule has 3 aromatic rings. The van der Waals surface area contributed by atoms with Crippen molar-refractivity contribution in [2.24, 2.45) is 0 Å². The Morgan fingerprint density at radius 2 is 2.12 bits per heavy atom. The Morgan fingerprint density at radius 1 is 1.25 bits per heavy atom. The highest BCUT2D eigenvalue weighted by atomic mass is 15.2. The fraction of sp³-hybridized carbons (Fsp3) is 0.389. The molecule has 1 aliphatic heterocycles. The molecule has 1 aliphatic rings. The molecule has 0 spiro atoms. The van der Waals surface area contributed by atoms with Gasteiger partial charge in [-0.1, -0.05) is 30.3 Å². The van der Waals surface area contributed by atoms with E-state index < -0.39 is 0 Å². The van der Waals surface area contributed by atoms with Gasteiger partial charge in [-0.25, -0.2) is 9.97 Å². The Morgan fingerprint density at radius 3 is 3.00 bits per heavy atom. The first-order chi connectivity index (χ1) is 11.8. The average Bonchev–Trinajstić information content (AvgIpc) is 3.02. The highest BCUT2D eigenvalue weighted by Crippen LogP contribution is 2.26. The van der Waals surface area contributed by atoms with Gasteiger partial charge in [0.25, 0.3) is 0 Å². The maximum atomic E-state index is 4.54. The fourth-order valence-electron chi connectivity index (χ4n) is 3.41. The molecule has 1 atom stereocenters. The Hall–Kier alpha value is -2.47. The summed E-state index contributed by atoms with van der Waals surface area (Å²) in [7, 11) is 0. The second kappa shape index (κ2) is 6.57. The van der Waals surface area contributed by atoms with Crippen molar-refractivity contribution in [3.63, 3.8) is 0 Å². The summed E-state index contributed by atoms with van der Waals surface area (Å²) in [5.41, 5.74) is 3.10. The van der Waals surface area contributed by atoms with Crippen LogP contribution in [-0.2, 0) is 6.54 Å². The molecule has 6 nitrogen and oxygen atoms in total. The van der Waals surface area contributed by atoms with Gasteiger partial charge in [0.1, 0.15) is 12.1 Å². The van der Waals surface area contributed by atoms with Crippen molar-refractivity contribution in [2.75, 3.05) is 18.0 Å². The number of aryl methyl sites for hydroxylation is 1. The fourth-order valence-corrected chi connectivity index (χ4v) is 3.41. The van der Waals surface area contributed by atoms with Crippen LogP contribution in [-0.4, -0.2) is 39.3 Å². The first-order valence-electron chi connectivity index (χ1n) is 8.49. The summed E-state index contributed by atoms with van der Waals surface area (Å²) in [6.07, 6.45) is 3.97. The lowest BCUT2D eigenvalue weighted by atomic mass is 10.0. The lowest BCUT2D eigenvalue weighted by molar-refractivity contribution is 0.420.